The molecule has 5 nitrogen and oxygen atoms in total. The lowest BCUT2D eigenvalue weighted by Gasteiger charge is -2.16. The van der Waals surface area contributed by atoms with Crippen LogP contribution in [-0.4, -0.2) is 18.4 Å². The highest BCUT2D eigenvalue weighted by Crippen LogP contribution is 2.22. The Balaban J connectivity index is 2.00. The number of amides is 2. The molecule has 1 aliphatic carbocycles. The number of hydrogen-bond donors (Lipinski definition) is 2. The Hall–Kier alpha value is -1.88. The number of benzene rings is 1. The fraction of sp³-hybridized carbons (Fsp3) is 0.385. The molecule has 0 unspecified atom stereocenters. The second-order valence-electron chi connectivity index (χ2n) is 4.38. The summed E-state index contributed by atoms with van der Waals surface area (Å²) in [4.78, 5) is 26.9. The molecule has 0 aromatic heterocycles. The summed E-state index contributed by atoms with van der Waals surface area (Å²) >= 11 is 0. The van der Waals surface area contributed by atoms with Crippen LogP contribution >= 0.6 is 0 Å². The molecule has 0 heterocycles. The van der Waals surface area contributed by atoms with Gasteiger partial charge in [0.25, 0.3) is 5.91 Å². The molecule has 96 valence electrons. The molecule has 0 saturated carbocycles. The van der Waals surface area contributed by atoms with Crippen LogP contribution in [-0.2, 0) is 22.5 Å². The second kappa shape index (κ2) is 5.64. The number of fused-ring (bicyclic) bond motifs is 1. The van der Waals surface area contributed by atoms with E-state index in [0.717, 1.165) is 19.3 Å². The first-order valence-electron chi connectivity index (χ1n) is 5.99. The minimum absolute atomic E-state index is 0.323. The van der Waals surface area contributed by atoms with Crippen molar-refractivity contribution in [3.05, 3.63) is 34.9 Å². The highest BCUT2D eigenvalue weighted by Gasteiger charge is 2.12. The molecule has 3 N–H and O–H groups in total. The lowest BCUT2D eigenvalue weighted by atomic mass is 9.90. The largest absolute Gasteiger partial charge is 0.368 e. The zero-order valence-corrected chi connectivity index (χ0v) is 10.1. The number of carbonyl (C=O) groups is 2. The zero-order chi connectivity index (χ0) is 13.0. The fourth-order valence-electron chi connectivity index (χ4n) is 2.11. The van der Waals surface area contributed by atoms with Gasteiger partial charge in [-0.05, 0) is 48.9 Å². The Labute approximate surface area is 105 Å². The molecule has 18 heavy (non-hydrogen) atoms. The highest BCUT2D eigenvalue weighted by atomic mass is 16.7. The van der Waals surface area contributed by atoms with Gasteiger partial charge in [-0.25, -0.2) is 5.48 Å². The van der Waals surface area contributed by atoms with E-state index in [1.54, 1.807) is 6.07 Å². The first kappa shape index (κ1) is 12.6. The second-order valence-corrected chi connectivity index (χ2v) is 4.38. The molecular weight excluding hydrogens is 232 g/mol. The Bertz CT molecular complexity index is 471. The molecular formula is C13H16N2O3. The number of hydroxylamine groups is 1. The van der Waals surface area contributed by atoms with Gasteiger partial charge in [-0.2, -0.15) is 0 Å². The summed E-state index contributed by atoms with van der Waals surface area (Å²) in [5, 5.41) is 0. The van der Waals surface area contributed by atoms with E-state index in [0.29, 0.717) is 5.56 Å². The van der Waals surface area contributed by atoms with Gasteiger partial charge in [0.15, 0.2) is 6.61 Å². The molecule has 0 fully saturated rings. The van der Waals surface area contributed by atoms with Gasteiger partial charge >= 0.3 is 0 Å². The van der Waals surface area contributed by atoms with Crippen molar-refractivity contribution in [2.45, 2.75) is 25.7 Å². The molecule has 0 bridgehead atoms. The van der Waals surface area contributed by atoms with E-state index in [-0.39, 0.29) is 12.5 Å². The smallest absolute Gasteiger partial charge is 0.274 e. The summed E-state index contributed by atoms with van der Waals surface area (Å²) in [6, 6.07) is 5.64. The molecule has 0 aliphatic heterocycles. The van der Waals surface area contributed by atoms with Crippen molar-refractivity contribution >= 4 is 11.8 Å². The topological polar surface area (TPSA) is 81.4 Å². The predicted octanol–water partition coefficient (Wildman–Crippen LogP) is 0.712. The van der Waals surface area contributed by atoms with Gasteiger partial charge in [0.2, 0.25) is 5.91 Å². The van der Waals surface area contributed by atoms with Gasteiger partial charge in [0.05, 0.1) is 0 Å². The number of rotatable bonds is 4. The number of aryl methyl sites for hydroxylation is 2. The molecule has 5 heteroatoms. The summed E-state index contributed by atoms with van der Waals surface area (Å²) in [5.41, 5.74) is 10.2. The van der Waals surface area contributed by atoms with Crippen molar-refractivity contribution in [2.24, 2.45) is 5.73 Å². The molecule has 2 amide bonds. The summed E-state index contributed by atoms with van der Waals surface area (Å²) in [7, 11) is 0. The Kier molecular flexibility index (Phi) is 3.94. The van der Waals surface area contributed by atoms with E-state index in [1.165, 1.54) is 17.5 Å². The van der Waals surface area contributed by atoms with Crippen LogP contribution in [0.5, 0.6) is 0 Å². The summed E-state index contributed by atoms with van der Waals surface area (Å²) < 4.78 is 0. The zero-order valence-electron chi connectivity index (χ0n) is 10.1. The summed E-state index contributed by atoms with van der Waals surface area (Å²) in [6.45, 7) is -0.323. The number of nitrogens with one attached hydrogen (secondary N) is 1. The van der Waals surface area contributed by atoms with Crippen molar-refractivity contribution < 1.29 is 14.4 Å². The van der Waals surface area contributed by atoms with Crippen LogP contribution < -0.4 is 11.2 Å². The lowest BCUT2D eigenvalue weighted by molar-refractivity contribution is -0.124. The Morgan fingerprint density at radius 1 is 1.22 bits per heavy atom. The molecule has 1 aromatic rings. The molecule has 0 radical (unpaired) electrons. The number of primary amides is 1. The van der Waals surface area contributed by atoms with Crippen molar-refractivity contribution in [3.63, 3.8) is 0 Å². The molecule has 0 saturated heterocycles. The van der Waals surface area contributed by atoms with Gasteiger partial charge < -0.3 is 5.73 Å². The number of carbonyl (C=O) groups excluding carboxylic acids is 2. The van der Waals surface area contributed by atoms with Gasteiger partial charge in [0, 0.05) is 5.56 Å². The SMILES string of the molecule is NC(=O)CONC(=O)c1ccc2c(c1)CCCC2. The van der Waals surface area contributed by atoms with Crippen LogP contribution in [0.25, 0.3) is 0 Å². The van der Waals surface area contributed by atoms with Crippen LogP contribution in [0, 0.1) is 0 Å². The van der Waals surface area contributed by atoms with E-state index in [9.17, 15) is 9.59 Å². The normalized spacial score (nSPS) is 13.8. The van der Waals surface area contributed by atoms with Gasteiger partial charge in [-0.15, -0.1) is 0 Å². The third kappa shape index (κ3) is 3.07. The maximum atomic E-state index is 11.7. The predicted molar refractivity (Wildman–Crippen MR) is 65.7 cm³/mol. The quantitative estimate of drug-likeness (QED) is 0.770. The van der Waals surface area contributed by atoms with Crippen LogP contribution in [0.15, 0.2) is 18.2 Å². The first-order chi connectivity index (χ1) is 8.66. The van der Waals surface area contributed by atoms with Gasteiger partial charge in [0.1, 0.15) is 0 Å². The maximum Gasteiger partial charge on any atom is 0.274 e. The van der Waals surface area contributed by atoms with E-state index < -0.39 is 5.91 Å². The van der Waals surface area contributed by atoms with Crippen LogP contribution in [0.4, 0.5) is 0 Å². The van der Waals surface area contributed by atoms with Crippen LogP contribution in [0.3, 0.4) is 0 Å². The molecule has 0 atom stereocenters. The van der Waals surface area contributed by atoms with Crippen molar-refractivity contribution in [1.82, 2.24) is 5.48 Å². The first-order valence-corrected chi connectivity index (χ1v) is 5.99. The molecule has 0 spiro atoms. The third-order valence-electron chi connectivity index (χ3n) is 2.99. The van der Waals surface area contributed by atoms with Crippen LogP contribution in [0.1, 0.15) is 34.3 Å². The van der Waals surface area contributed by atoms with E-state index in [4.69, 9.17) is 5.73 Å². The average molecular weight is 248 g/mol. The minimum atomic E-state index is -0.624. The standard InChI is InChI=1S/C13H16N2O3/c14-12(16)8-18-15-13(17)11-6-5-9-3-1-2-4-10(9)7-11/h5-7H,1-4,8H2,(H2,14,16)(H,15,17). The maximum absolute atomic E-state index is 11.7. The minimum Gasteiger partial charge on any atom is -0.368 e. The Morgan fingerprint density at radius 2 is 1.94 bits per heavy atom. The number of nitrogens with two attached hydrogens (primary N) is 1. The highest BCUT2D eigenvalue weighted by molar-refractivity contribution is 5.93. The Morgan fingerprint density at radius 3 is 2.67 bits per heavy atom. The van der Waals surface area contributed by atoms with E-state index in [2.05, 4.69) is 10.3 Å². The lowest BCUT2D eigenvalue weighted by Crippen LogP contribution is -2.29. The number of hydrogen-bond acceptors (Lipinski definition) is 3. The summed E-state index contributed by atoms with van der Waals surface area (Å²) in [6.07, 6.45) is 4.46. The molecule has 2 rings (SSSR count). The van der Waals surface area contributed by atoms with E-state index >= 15 is 0 Å². The van der Waals surface area contributed by atoms with Gasteiger partial charge in [-0.1, -0.05) is 6.07 Å². The van der Waals surface area contributed by atoms with Gasteiger partial charge in [-0.3, -0.25) is 14.4 Å². The third-order valence-corrected chi connectivity index (χ3v) is 2.99. The summed E-state index contributed by atoms with van der Waals surface area (Å²) in [5.74, 6) is -0.981. The molecule has 1 aliphatic rings. The fourth-order valence-corrected chi connectivity index (χ4v) is 2.11. The van der Waals surface area contributed by atoms with Crippen LogP contribution in [0.2, 0.25) is 0 Å². The van der Waals surface area contributed by atoms with Crippen molar-refractivity contribution in [1.29, 1.82) is 0 Å². The van der Waals surface area contributed by atoms with E-state index in [1.807, 2.05) is 12.1 Å². The monoisotopic (exact) mass is 248 g/mol. The average Bonchev–Trinajstić information content (AvgIpc) is 2.37. The van der Waals surface area contributed by atoms with Crippen molar-refractivity contribution in [3.8, 4) is 0 Å². The molecule has 1 aromatic carbocycles. The van der Waals surface area contributed by atoms with Crippen molar-refractivity contribution in [2.75, 3.05) is 6.61 Å².